The summed E-state index contributed by atoms with van der Waals surface area (Å²) in [6, 6.07) is 4.20. The lowest BCUT2D eigenvalue weighted by atomic mass is 10.2. The quantitative estimate of drug-likeness (QED) is 0.905. The Morgan fingerprint density at radius 3 is 2.89 bits per heavy atom. The van der Waals surface area contributed by atoms with Gasteiger partial charge in [0.05, 0.1) is 17.3 Å². The van der Waals surface area contributed by atoms with E-state index in [9.17, 15) is 4.39 Å². The van der Waals surface area contributed by atoms with Gasteiger partial charge >= 0.3 is 0 Å². The monoisotopic (exact) mass is 267 g/mol. The van der Waals surface area contributed by atoms with Gasteiger partial charge in [-0.2, -0.15) is 0 Å². The molecule has 0 unspecified atom stereocenters. The number of hydrogen-bond donors (Lipinski definition) is 1. The third-order valence-corrected chi connectivity index (χ3v) is 3.44. The Morgan fingerprint density at radius 1 is 1.39 bits per heavy atom. The highest BCUT2D eigenvalue weighted by Crippen LogP contribution is 2.18. The van der Waals surface area contributed by atoms with Crippen LogP contribution in [-0.4, -0.2) is 10.1 Å². The molecule has 1 aromatic heterocycles. The molecule has 0 spiro atoms. The van der Waals surface area contributed by atoms with Gasteiger partial charge in [-0.3, -0.25) is 0 Å². The fourth-order valence-electron chi connectivity index (χ4n) is 1.53. The molecule has 18 heavy (non-hydrogen) atoms. The summed E-state index contributed by atoms with van der Waals surface area (Å²) >= 11 is 1.59. The minimum Gasteiger partial charge on any atom is -0.487 e. The third kappa shape index (κ3) is 3.27. The highest BCUT2D eigenvalue weighted by Gasteiger charge is 2.04. The van der Waals surface area contributed by atoms with Crippen molar-refractivity contribution in [1.29, 1.82) is 0 Å². The Bertz CT molecular complexity index is 527. The summed E-state index contributed by atoms with van der Waals surface area (Å²) in [4.78, 5) is 4.36. The van der Waals surface area contributed by atoms with E-state index in [4.69, 9.17) is 9.84 Å². The second-order valence-electron chi connectivity index (χ2n) is 3.83. The second-order valence-corrected chi connectivity index (χ2v) is 4.77. The smallest absolute Gasteiger partial charge is 0.131 e. The second kappa shape index (κ2) is 5.93. The maximum atomic E-state index is 13.2. The standard InChI is InChI=1S/C13H14FNO2S/c1-2-13-15-11(8-18-13)7-17-12-4-9(6-16)3-10(14)5-12/h3-5,8,16H,2,6-7H2,1H3. The predicted molar refractivity (Wildman–Crippen MR) is 68.1 cm³/mol. The molecule has 0 atom stereocenters. The highest BCUT2D eigenvalue weighted by molar-refractivity contribution is 7.09. The van der Waals surface area contributed by atoms with Gasteiger partial charge in [0, 0.05) is 11.4 Å². The van der Waals surface area contributed by atoms with Crippen molar-refractivity contribution in [3.05, 3.63) is 45.7 Å². The van der Waals surface area contributed by atoms with E-state index in [1.807, 2.05) is 12.3 Å². The predicted octanol–water partition coefficient (Wildman–Crippen LogP) is 2.92. The summed E-state index contributed by atoms with van der Waals surface area (Å²) in [6.07, 6.45) is 0.902. The third-order valence-electron chi connectivity index (χ3n) is 2.40. The Morgan fingerprint density at radius 2 is 2.22 bits per heavy atom. The largest absolute Gasteiger partial charge is 0.487 e. The van der Waals surface area contributed by atoms with Crippen LogP contribution in [0.3, 0.4) is 0 Å². The Labute approximate surface area is 109 Å². The number of aliphatic hydroxyl groups is 1. The number of ether oxygens (including phenoxy) is 1. The van der Waals surface area contributed by atoms with Crippen molar-refractivity contribution in [2.75, 3.05) is 0 Å². The van der Waals surface area contributed by atoms with Gasteiger partial charge in [-0.05, 0) is 24.1 Å². The molecule has 0 fully saturated rings. The van der Waals surface area contributed by atoms with Crippen LogP contribution in [0.4, 0.5) is 4.39 Å². The number of benzene rings is 1. The summed E-state index contributed by atoms with van der Waals surface area (Å²) in [5.41, 5.74) is 1.34. The van der Waals surface area contributed by atoms with Crippen molar-refractivity contribution in [3.8, 4) is 5.75 Å². The molecule has 0 radical (unpaired) electrons. The van der Waals surface area contributed by atoms with Crippen molar-refractivity contribution in [2.24, 2.45) is 0 Å². The van der Waals surface area contributed by atoms with Gasteiger partial charge in [0.1, 0.15) is 18.2 Å². The maximum Gasteiger partial charge on any atom is 0.131 e. The number of halogens is 1. The van der Waals surface area contributed by atoms with E-state index in [1.54, 1.807) is 17.4 Å². The molecule has 0 aliphatic rings. The zero-order chi connectivity index (χ0) is 13.0. The fourth-order valence-corrected chi connectivity index (χ4v) is 2.26. The highest BCUT2D eigenvalue weighted by atomic mass is 32.1. The fraction of sp³-hybridized carbons (Fsp3) is 0.308. The molecule has 1 aromatic carbocycles. The Kier molecular flexibility index (Phi) is 4.28. The summed E-state index contributed by atoms with van der Waals surface area (Å²) in [5, 5.41) is 12.0. The number of nitrogens with zero attached hydrogens (tertiary/aromatic N) is 1. The van der Waals surface area contributed by atoms with E-state index < -0.39 is 5.82 Å². The van der Waals surface area contributed by atoms with Crippen LogP contribution >= 0.6 is 11.3 Å². The van der Waals surface area contributed by atoms with Crippen LogP contribution in [0.5, 0.6) is 5.75 Å². The lowest BCUT2D eigenvalue weighted by molar-refractivity contribution is 0.276. The van der Waals surface area contributed by atoms with Crippen molar-refractivity contribution in [2.45, 2.75) is 26.6 Å². The number of aliphatic hydroxyl groups excluding tert-OH is 1. The van der Waals surface area contributed by atoms with E-state index >= 15 is 0 Å². The topological polar surface area (TPSA) is 42.4 Å². The average molecular weight is 267 g/mol. The van der Waals surface area contributed by atoms with E-state index in [0.29, 0.717) is 17.9 Å². The summed E-state index contributed by atoms with van der Waals surface area (Å²) in [7, 11) is 0. The molecular weight excluding hydrogens is 253 g/mol. The zero-order valence-electron chi connectivity index (χ0n) is 10.0. The molecule has 1 N–H and O–H groups in total. The van der Waals surface area contributed by atoms with Crippen LogP contribution in [-0.2, 0) is 19.6 Å². The summed E-state index contributed by atoms with van der Waals surface area (Å²) in [6.45, 7) is 2.15. The van der Waals surface area contributed by atoms with E-state index in [0.717, 1.165) is 17.1 Å². The molecule has 2 rings (SSSR count). The first kappa shape index (κ1) is 13.0. The number of thiazole rings is 1. The molecule has 0 amide bonds. The van der Waals surface area contributed by atoms with Gasteiger partial charge in [0.15, 0.2) is 0 Å². The first-order chi connectivity index (χ1) is 8.71. The molecule has 0 bridgehead atoms. The maximum absolute atomic E-state index is 13.2. The van der Waals surface area contributed by atoms with E-state index in [-0.39, 0.29) is 6.61 Å². The zero-order valence-corrected chi connectivity index (χ0v) is 10.8. The van der Waals surface area contributed by atoms with Gasteiger partial charge in [-0.1, -0.05) is 6.92 Å². The van der Waals surface area contributed by atoms with Crippen LogP contribution in [0, 0.1) is 5.82 Å². The molecule has 5 heteroatoms. The van der Waals surface area contributed by atoms with Crippen LogP contribution in [0.1, 0.15) is 23.2 Å². The van der Waals surface area contributed by atoms with Gasteiger partial charge in [0.25, 0.3) is 0 Å². The molecular formula is C13H14FNO2S. The molecule has 0 aliphatic carbocycles. The molecule has 0 aliphatic heterocycles. The van der Waals surface area contributed by atoms with Crippen LogP contribution in [0.25, 0.3) is 0 Å². The van der Waals surface area contributed by atoms with Gasteiger partial charge in [-0.15, -0.1) is 11.3 Å². The van der Waals surface area contributed by atoms with Gasteiger partial charge in [-0.25, -0.2) is 9.37 Å². The lowest BCUT2D eigenvalue weighted by Gasteiger charge is -2.06. The molecule has 3 nitrogen and oxygen atoms in total. The lowest BCUT2D eigenvalue weighted by Crippen LogP contribution is -1.97. The van der Waals surface area contributed by atoms with Gasteiger partial charge in [0.2, 0.25) is 0 Å². The molecule has 96 valence electrons. The normalized spacial score (nSPS) is 10.6. The van der Waals surface area contributed by atoms with Crippen LogP contribution < -0.4 is 4.74 Å². The van der Waals surface area contributed by atoms with Crippen LogP contribution in [0.15, 0.2) is 23.6 Å². The van der Waals surface area contributed by atoms with E-state index in [2.05, 4.69) is 4.98 Å². The first-order valence-corrected chi connectivity index (χ1v) is 6.55. The first-order valence-electron chi connectivity index (χ1n) is 5.67. The Balaban J connectivity index is 2.03. The number of hydrogen-bond acceptors (Lipinski definition) is 4. The molecule has 2 aromatic rings. The summed E-state index contributed by atoms with van der Waals surface area (Å²) in [5.74, 6) is -0.00539. The van der Waals surface area contributed by atoms with Crippen molar-refractivity contribution < 1.29 is 14.2 Å². The number of rotatable bonds is 5. The number of aryl methyl sites for hydroxylation is 1. The number of aromatic nitrogens is 1. The SMILES string of the molecule is CCc1nc(COc2cc(F)cc(CO)c2)cs1. The van der Waals surface area contributed by atoms with Crippen LogP contribution in [0.2, 0.25) is 0 Å². The Hall–Kier alpha value is -1.46. The minimum absolute atomic E-state index is 0.204. The van der Waals surface area contributed by atoms with Crippen molar-refractivity contribution in [3.63, 3.8) is 0 Å². The average Bonchev–Trinajstić information content (AvgIpc) is 2.83. The molecule has 1 heterocycles. The molecule has 0 saturated carbocycles. The minimum atomic E-state index is -0.413. The van der Waals surface area contributed by atoms with Crippen molar-refractivity contribution in [1.82, 2.24) is 4.98 Å². The van der Waals surface area contributed by atoms with Crippen molar-refractivity contribution >= 4 is 11.3 Å². The van der Waals surface area contributed by atoms with E-state index in [1.165, 1.54) is 12.1 Å². The summed E-state index contributed by atoms with van der Waals surface area (Å²) < 4.78 is 18.7. The molecule has 0 saturated heterocycles. The van der Waals surface area contributed by atoms with Gasteiger partial charge < -0.3 is 9.84 Å².